The van der Waals surface area contributed by atoms with Crippen LogP contribution in [0.2, 0.25) is 0 Å². The molecular weight excluding hydrogens is 747 g/mol. The molecule has 0 unspecified atom stereocenters. The van der Waals surface area contributed by atoms with Crippen LogP contribution in [0.4, 0.5) is 26.3 Å². The van der Waals surface area contributed by atoms with Crippen molar-refractivity contribution in [3.63, 3.8) is 0 Å². The molecule has 0 bridgehead atoms. The quantitative estimate of drug-likeness (QED) is 0.158. The third-order valence-corrected chi connectivity index (χ3v) is 10.2. The van der Waals surface area contributed by atoms with Crippen LogP contribution in [0.5, 0.6) is 0 Å². The molecule has 0 atom stereocenters. The standard InChI is InChI=1S/C48H30F6N4/c1-29-12-8-9-17-37(29)32-20-22-40-39-18-10-11-19-42(39)58(43(40)26-32)36-21-23-38(33-24-34(47(49,50)51)27-35(25-33)48(52,53)54)41(28-36)46-56-44(30-13-4-2-5-14-30)55-45(57-46)31-15-6-3-7-16-31/h2-28H,1H3. The average Bonchev–Trinajstić information content (AvgIpc) is 3.57. The molecule has 7 aromatic carbocycles. The molecule has 284 valence electrons. The third kappa shape index (κ3) is 6.76. The minimum absolute atomic E-state index is 0.0666. The molecule has 9 aromatic rings. The number of hydrogen-bond acceptors (Lipinski definition) is 3. The lowest BCUT2D eigenvalue weighted by Gasteiger charge is -2.18. The molecule has 0 fully saturated rings. The summed E-state index contributed by atoms with van der Waals surface area (Å²) < 4.78 is 87.7. The monoisotopic (exact) mass is 776 g/mol. The van der Waals surface area contributed by atoms with E-state index in [1.165, 1.54) is 0 Å². The van der Waals surface area contributed by atoms with Gasteiger partial charge in [-0.2, -0.15) is 26.3 Å². The van der Waals surface area contributed by atoms with Crippen LogP contribution in [0.25, 0.3) is 83.9 Å². The van der Waals surface area contributed by atoms with Crippen molar-refractivity contribution in [2.45, 2.75) is 19.3 Å². The highest BCUT2D eigenvalue weighted by molar-refractivity contribution is 6.10. The first-order chi connectivity index (χ1) is 27.9. The molecule has 2 aromatic heterocycles. The Morgan fingerprint density at radius 2 is 0.948 bits per heavy atom. The second kappa shape index (κ2) is 14.1. The minimum atomic E-state index is -5.05. The summed E-state index contributed by atoms with van der Waals surface area (Å²) >= 11 is 0. The van der Waals surface area contributed by atoms with Crippen molar-refractivity contribution >= 4 is 21.8 Å². The van der Waals surface area contributed by atoms with E-state index in [1.54, 1.807) is 18.2 Å². The molecule has 58 heavy (non-hydrogen) atoms. The van der Waals surface area contributed by atoms with E-state index in [9.17, 15) is 26.3 Å². The van der Waals surface area contributed by atoms with Crippen molar-refractivity contribution in [3.05, 3.63) is 180 Å². The number of hydrogen-bond donors (Lipinski definition) is 0. The number of halogens is 6. The number of aromatic nitrogens is 4. The first kappa shape index (κ1) is 36.6. The number of rotatable bonds is 6. The van der Waals surface area contributed by atoms with Crippen LogP contribution in [-0.4, -0.2) is 19.5 Å². The molecule has 0 amide bonds. The van der Waals surface area contributed by atoms with Crippen LogP contribution in [0.3, 0.4) is 0 Å². The predicted molar refractivity (Wildman–Crippen MR) is 216 cm³/mol. The van der Waals surface area contributed by atoms with E-state index < -0.39 is 23.5 Å². The lowest BCUT2D eigenvalue weighted by molar-refractivity contribution is -0.143. The van der Waals surface area contributed by atoms with Crippen molar-refractivity contribution in [1.82, 2.24) is 19.5 Å². The van der Waals surface area contributed by atoms with Crippen LogP contribution >= 0.6 is 0 Å². The molecule has 2 heterocycles. The van der Waals surface area contributed by atoms with E-state index in [2.05, 4.69) is 24.3 Å². The third-order valence-electron chi connectivity index (χ3n) is 10.2. The summed E-state index contributed by atoms with van der Waals surface area (Å²) in [7, 11) is 0. The maximum absolute atomic E-state index is 14.3. The summed E-state index contributed by atoms with van der Waals surface area (Å²) in [6, 6.07) is 47.0. The van der Waals surface area contributed by atoms with E-state index >= 15 is 0 Å². The second-order valence-corrected chi connectivity index (χ2v) is 14.0. The summed E-state index contributed by atoms with van der Waals surface area (Å²) in [6.45, 7) is 2.04. The van der Waals surface area contributed by atoms with E-state index in [0.717, 1.165) is 50.6 Å². The van der Waals surface area contributed by atoms with Gasteiger partial charge < -0.3 is 4.57 Å². The van der Waals surface area contributed by atoms with Gasteiger partial charge in [-0.15, -0.1) is 0 Å². The Labute approximate surface area is 328 Å². The van der Waals surface area contributed by atoms with Crippen molar-refractivity contribution in [1.29, 1.82) is 0 Å². The number of benzene rings is 7. The van der Waals surface area contributed by atoms with Gasteiger partial charge in [0.2, 0.25) is 0 Å². The SMILES string of the molecule is Cc1ccccc1-c1ccc2c3ccccc3n(-c3ccc(-c4cc(C(F)(F)F)cc(C(F)(F)F)c4)c(-c4nc(-c5ccccc5)nc(-c5ccccc5)n4)c3)c2c1. The molecule has 0 radical (unpaired) electrons. The maximum atomic E-state index is 14.3. The fourth-order valence-corrected chi connectivity index (χ4v) is 7.46. The molecule has 0 saturated heterocycles. The number of para-hydroxylation sites is 1. The van der Waals surface area contributed by atoms with Gasteiger partial charge in [0.05, 0.1) is 22.2 Å². The zero-order valence-electron chi connectivity index (χ0n) is 30.6. The Morgan fingerprint density at radius 1 is 0.397 bits per heavy atom. The normalized spacial score (nSPS) is 12.1. The fourth-order valence-electron chi connectivity index (χ4n) is 7.46. The van der Waals surface area contributed by atoms with Crippen LogP contribution in [-0.2, 0) is 12.4 Å². The van der Waals surface area contributed by atoms with Gasteiger partial charge in [-0.05, 0) is 77.2 Å². The molecule has 0 aliphatic heterocycles. The summed E-state index contributed by atoms with van der Waals surface area (Å²) in [5.74, 6) is 0.623. The fraction of sp³-hybridized carbons (Fsp3) is 0.0625. The molecule has 0 aliphatic rings. The van der Waals surface area contributed by atoms with Crippen LogP contribution in [0, 0.1) is 6.92 Å². The number of alkyl halides is 6. The maximum Gasteiger partial charge on any atom is 0.416 e. The highest BCUT2D eigenvalue weighted by atomic mass is 19.4. The summed E-state index contributed by atoms with van der Waals surface area (Å²) in [4.78, 5) is 14.5. The van der Waals surface area contributed by atoms with Gasteiger partial charge in [0.25, 0.3) is 0 Å². The molecule has 0 saturated carbocycles. The summed E-state index contributed by atoms with van der Waals surface area (Å²) in [6.07, 6.45) is -10.1. The first-order valence-electron chi connectivity index (χ1n) is 18.3. The zero-order chi connectivity index (χ0) is 40.2. The van der Waals surface area contributed by atoms with E-state index in [4.69, 9.17) is 15.0 Å². The van der Waals surface area contributed by atoms with Crippen LogP contribution in [0.15, 0.2) is 164 Å². The minimum Gasteiger partial charge on any atom is -0.309 e. The van der Waals surface area contributed by atoms with Crippen LogP contribution < -0.4 is 0 Å². The molecule has 0 N–H and O–H groups in total. The Bertz CT molecular complexity index is 2900. The molecular formula is C48H30F6N4. The number of aryl methyl sites for hydroxylation is 1. The molecule has 0 spiro atoms. The second-order valence-electron chi connectivity index (χ2n) is 14.0. The number of nitrogens with zero attached hydrogens (tertiary/aromatic N) is 4. The smallest absolute Gasteiger partial charge is 0.309 e. The van der Waals surface area contributed by atoms with E-state index in [-0.39, 0.29) is 40.2 Å². The summed E-state index contributed by atoms with van der Waals surface area (Å²) in [5.41, 5.74) is 3.84. The van der Waals surface area contributed by atoms with Gasteiger partial charge in [-0.3, -0.25) is 0 Å². The lowest BCUT2D eigenvalue weighted by atomic mass is 9.94. The highest BCUT2D eigenvalue weighted by Gasteiger charge is 2.37. The van der Waals surface area contributed by atoms with Gasteiger partial charge in [-0.1, -0.05) is 121 Å². The predicted octanol–water partition coefficient (Wildman–Crippen LogP) is 13.6. The van der Waals surface area contributed by atoms with Crippen molar-refractivity contribution in [2.24, 2.45) is 0 Å². The van der Waals surface area contributed by atoms with Gasteiger partial charge in [0, 0.05) is 33.2 Å². The van der Waals surface area contributed by atoms with Crippen LogP contribution in [0.1, 0.15) is 16.7 Å². The molecule has 0 aliphatic carbocycles. The Kier molecular flexibility index (Phi) is 8.92. The number of fused-ring (bicyclic) bond motifs is 3. The first-order valence-corrected chi connectivity index (χ1v) is 18.3. The Morgan fingerprint density at radius 3 is 1.57 bits per heavy atom. The van der Waals surface area contributed by atoms with Gasteiger partial charge in [0.15, 0.2) is 17.5 Å². The Balaban J connectivity index is 1.36. The zero-order valence-corrected chi connectivity index (χ0v) is 30.6. The summed E-state index contributed by atoms with van der Waals surface area (Å²) in [5, 5.41) is 1.93. The molecule has 4 nitrogen and oxygen atoms in total. The van der Waals surface area contributed by atoms with E-state index in [0.29, 0.717) is 16.8 Å². The molecule has 10 heteroatoms. The average molecular weight is 777 g/mol. The van der Waals surface area contributed by atoms with Crippen molar-refractivity contribution < 1.29 is 26.3 Å². The van der Waals surface area contributed by atoms with Crippen molar-refractivity contribution in [3.8, 4) is 62.1 Å². The largest absolute Gasteiger partial charge is 0.416 e. The highest BCUT2D eigenvalue weighted by Crippen LogP contribution is 2.43. The topological polar surface area (TPSA) is 43.6 Å². The van der Waals surface area contributed by atoms with Crippen molar-refractivity contribution in [2.75, 3.05) is 0 Å². The lowest BCUT2D eigenvalue weighted by Crippen LogP contribution is -2.11. The molecule has 9 rings (SSSR count). The van der Waals surface area contributed by atoms with E-state index in [1.807, 2.05) is 115 Å². The van der Waals surface area contributed by atoms with Gasteiger partial charge in [0.1, 0.15) is 0 Å². The van der Waals surface area contributed by atoms with Gasteiger partial charge >= 0.3 is 12.4 Å². The Hall–Kier alpha value is -7.07. The van der Waals surface area contributed by atoms with Gasteiger partial charge in [-0.25, -0.2) is 15.0 Å².